The average Bonchev–Trinajstić information content (AvgIpc) is 3.48. The Morgan fingerprint density at radius 3 is 2.51 bits per heavy atom. The number of rotatable bonds is 8. The molecule has 1 atom stereocenters. The van der Waals surface area contributed by atoms with E-state index in [1.807, 2.05) is 53.4 Å². The molecule has 9 heteroatoms. The lowest BCUT2D eigenvalue weighted by molar-refractivity contribution is 0.0600. The Morgan fingerprint density at radius 1 is 1.03 bits per heavy atom. The molecule has 9 nitrogen and oxygen atoms in total. The van der Waals surface area contributed by atoms with Crippen molar-refractivity contribution in [1.82, 2.24) is 25.5 Å². The second-order valence-corrected chi connectivity index (χ2v) is 8.97. The third kappa shape index (κ3) is 4.93. The van der Waals surface area contributed by atoms with Crippen LogP contribution in [0.2, 0.25) is 0 Å². The number of nitrogens with one attached hydrogen (secondary N) is 2. The number of ether oxygens (including phenoxy) is 1. The van der Waals surface area contributed by atoms with Crippen LogP contribution in [0.15, 0.2) is 66.7 Å². The van der Waals surface area contributed by atoms with E-state index in [-0.39, 0.29) is 12.1 Å². The normalized spacial score (nSPS) is 14.7. The van der Waals surface area contributed by atoms with Crippen LogP contribution in [0.25, 0.3) is 22.5 Å². The van der Waals surface area contributed by atoms with Gasteiger partial charge in [-0.3, -0.25) is 4.79 Å². The van der Waals surface area contributed by atoms with Crippen molar-refractivity contribution >= 4 is 17.6 Å². The van der Waals surface area contributed by atoms with E-state index < -0.39 is 5.97 Å². The molecule has 0 saturated heterocycles. The first-order chi connectivity index (χ1) is 18.1. The lowest BCUT2D eigenvalue weighted by Gasteiger charge is -2.38. The molecular weight excluding hydrogens is 468 g/mol. The standard InChI is InChI=1S/C28H28N6O3/c1-3-4-9-25-29-24-15-14-20(28(36)37-2)16-23(24)27(35)34(25)17-18-10-12-19(13-11-18)21-7-5-6-8-22(21)26-30-32-33-31-26/h5-8,10-16,25,29H,3-4,9,17H2,1-2H3,(H,30,31,32,33). The van der Waals surface area contributed by atoms with Crippen LogP contribution in [0, 0.1) is 0 Å². The monoisotopic (exact) mass is 496 g/mol. The molecule has 1 unspecified atom stereocenters. The summed E-state index contributed by atoms with van der Waals surface area (Å²) < 4.78 is 4.84. The van der Waals surface area contributed by atoms with Gasteiger partial charge in [0.2, 0.25) is 5.82 Å². The van der Waals surface area contributed by atoms with Gasteiger partial charge in [0.15, 0.2) is 0 Å². The highest BCUT2D eigenvalue weighted by atomic mass is 16.5. The van der Waals surface area contributed by atoms with Gasteiger partial charge in [0.25, 0.3) is 5.91 Å². The average molecular weight is 497 g/mol. The second kappa shape index (κ2) is 10.6. The number of esters is 1. The summed E-state index contributed by atoms with van der Waals surface area (Å²) in [7, 11) is 1.33. The van der Waals surface area contributed by atoms with Gasteiger partial charge in [0, 0.05) is 17.8 Å². The Morgan fingerprint density at radius 2 is 1.81 bits per heavy atom. The number of unbranched alkanes of at least 4 members (excludes halogenated alkanes) is 1. The van der Waals surface area contributed by atoms with Gasteiger partial charge in [-0.1, -0.05) is 61.9 Å². The Hall–Kier alpha value is -4.53. The summed E-state index contributed by atoms with van der Waals surface area (Å²) >= 11 is 0. The van der Waals surface area contributed by atoms with E-state index in [1.165, 1.54) is 7.11 Å². The maximum absolute atomic E-state index is 13.6. The number of carbonyl (C=O) groups is 2. The van der Waals surface area contributed by atoms with E-state index in [2.05, 4.69) is 32.9 Å². The van der Waals surface area contributed by atoms with Gasteiger partial charge in [0.1, 0.15) is 6.17 Å². The van der Waals surface area contributed by atoms with Crippen molar-refractivity contribution in [2.24, 2.45) is 0 Å². The number of H-pyrrole nitrogens is 1. The molecule has 2 N–H and O–H groups in total. The molecule has 3 aromatic carbocycles. The summed E-state index contributed by atoms with van der Waals surface area (Å²) in [6, 6.07) is 21.1. The summed E-state index contributed by atoms with van der Waals surface area (Å²) in [6.07, 6.45) is 2.71. The van der Waals surface area contributed by atoms with Crippen LogP contribution in [0.3, 0.4) is 0 Å². The van der Waals surface area contributed by atoms with Gasteiger partial charge in [0.05, 0.1) is 18.2 Å². The first-order valence-corrected chi connectivity index (χ1v) is 12.3. The van der Waals surface area contributed by atoms with Crippen molar-refractivity contribution in [3.05, 3.63) is 83.4 Å². The molecule has 2 heterocycles. The molecule has 1 aliphatic rings. The highest BCUT2D eigenvalue weighted by Crippen LogP contribution is 2.32. The van der Waals surface area contributed by atoms with Crippen molar-refractivity contribution in [2.45, 2.75) is 38.9 Å². The Balaban J connectivity index is 1.42. The number of amides is 1. The minimum absolute atomic E-state index is 0.105. The van der Waals surface area contributed by atoms with Crippen LogP contribution in [0.4, 0.5) is 5.69 Å². The largest absolute Gasteiger partial charge is 0.465 e. The minimum atomic E-state index is -0.466. The molecule has 37 heavy (non-hydrogen) atoms. The molecule has 188 valence electrons. The number of nitrogens with zero attached hydrogens (tertiary/aromatic N) is 4. The minimum Gasteiger partial charge on any atom is -0.465 e. The molecule has 0 saturated carbocycles. The lowest BCUT2D eigenvalue weighted by atomic mass is 9.97. The maximum atomic E-state index is 13.6. The van der Waals surface area contributed by atoms with E-state index >= 15 is 0 Å². The van der Waals surface area contributed by atoms with Gasteiger partial charge in [-0.05, 0) is 52.9 Å². The zero-order valence-corrected chi connectivity index (χ0v) is 20.8. The third-order valence-electron chi connectivity index (χ3n) is 6.59. The summed E-state index contributed by atoms with van der Waals surface area (Å²) in [5.74, 6) is -0.0347. The zero-order valence-electron chi connectivity index (χ0n) is 20.8. The van der Waals surface area contributed by atoms with Crippen LogP contribution >= 0.6 is 0 Å². The van der Waals surface area contributed by atoms with Crippen LogP contribution in [0.1, 0.15) is 52.5 Å². The first-order valence-electron chi connectivity index (χ1n) is 12.3. The molecule has 1 amide bonds. The summed E-state index contributed by atoms with van der Waals surface area (Å²) in [6.45, 7) is 2.57. The Kier molecular flexibility index (Phi) is 6.93. The number of carbonyl (C=O) groups excluding carboxylic acids is 2. The number of aromatic amines is 1. The van der Waals surface area contributed by atoms with Gasteiger partial charge >= 0.3 is 5.97 Å². The number of methoxy groups -OCH3 is 1. The van der Waals surface area contributed by atoms with Crippen LogP contribution < -0.4 is 5.32 Å². The van der Waals surface area contributed by atoms with Crippen molar-refractivity contribution < 1.29 is 14.3 Å². The van der Waals surface area contributed by atoms with E-state index in [0.717, 1.165) is 47.2 Å². The zero-order chi connectivity index (χ0) is 25.8. The molecule has 0 spiro atoms. The summed E-state index contributed by atoms with van der Waals surface area (Å²) in [4.78, 5) is 27.5. The van der Waals surface area contributed by atoms with Crippen molar-refractivity contribution in [3.63, 3.8) is 0 Å². The molecular formula is C28H28N6O3. The molecule has 5 rings (SSSR count). The molecule has 1 aromatic heterocycles. The molecule has 4 aromatic rings. The molecule has 1 aliphatic heterocycles. The van der Waals surface area contributed by atoms with E-state index in [4.69, 9.17) is 4.74 Å². The number of benzene rings is 3. The Bertz CT molecular complexity index is 1400. The fraction of sp³-hybridized carbons (Fsp3) is 0.250. The molecule has 0 bridgehead atoms. The highest BCUT2D eigenvalue weighted by Gasteiger charge is 2.32. The highest BCUT2D eigenvalue weighted by molar-refractivity contribution is 6.04. The number of fused-ring (bicyclic) bond motifs is 1. The quantitative estimate of drug-likeness (QED) is 0.333. The van der Waals surface area contributed by atoms with Crippen LogP contribution in [-0.4, -0.2) is 50.7 Å². The topological polar surface area (TPSA) is 113 Å². The molecule has 0 fully saturated rings. The van der Waals surface area contributed by atoms with E-state index in [9.17, 15) is 9.59 Å². The number of aromatic nitrogens is 4. The first kappa shape index (κ1) is 24.2. The fourth-order valence-electron chi connectivity index (χ4n) is 4.65. The number of hydrogen-bond acceptors (Lipinski definition) is 7. The van der Waals surface area contributed by atoms with E-state index in [1.54, 1.807) is 18.2 Å². The number of hydrogen-bond donors (Lipinski definition) is 2. The van der Waals surface area contributed by atoms with Gasteiger partial charge in [-0.2, -0.15) is 5.21 Å². The van der Waals surface area contributed by atoms with Gasteiger partial charge in [-0.25, -0.2) is 4.79 Å². The predicted molar refractivity (Wildman–Crippen MR) is 140 cm³/mol. The molecule has 0 radical (unpaired) electrons. The van der Waals surface area contributed by atoms with Crippen molar-refractivity contribution in [3.8, 4) is 22.5 Å². The maximum Gasteiger partial charge on any atom is 0.337 e. The predicted octanol–water partition coefficient (Wildman–Crippen LogP) is 4.90. The van der Waals surface area contributed by atoms with Crippen LogP contribution in [0.5, 0.6) is 0 Å². The fourth-order valence-corrected chi connectivity index (χ4v) is 4.65. The van der Waals surface area contributed by atoms with Crippen LogP contribution in [-0.2, 0) is 11.3 Å². The molecule has 0 aliphatic carbocycles. The number of tetrazole rings is 1. The van der Waals surface area contributed by atoms with Gasteiger partial charge in [-0.15, -0.1) is 10.2 Å². The summed E-state index contributed by atoms with van der Waals surface area (Å²) in [5.41, 5.74) is 5.47. The lowest BCUT2D eigenvalue weighted by Crippen LogP contribution is -2.48. The summed E-state index contributed by atoms with van der Waals surface area (Å²) in [5, 5.41) is 17.9. The van der Waals surface area contributed by atoms with Crippen molar-refractivity contribution in [2.75, 3.05) is 12.4 Å². The van der Waals surface area contributed by atoms with Crippen molar-refractivity contribution in [1.29, 1.82) is 0 Å². The third-order valence-corrected chi connectivity index (χ3v) is 6.59. The smallest absolute Gasteiger partial charge is 0.337 e. The second-order valence-electron chi connectivity index (χ2n) is 8.97. The number of anilines is 1. The van der Waals surface area contributed by atoms with E-state index in [0.29, 0.717) is 23.5 Å². The Labute approximate surface area is 214 Å². The van der Waals surface area contributed by atoms with Gasteiger partial charge < -0.3 is 15.0 Å². The SMILES string of the molecule is CCCCC1Nc2ccc(C(=O)OC)cc2C(=O)N1Cc1ccc(-c2ccccc2-c2nn[nH]n2)cc1.